The molecule has 0 aliphatic carbocycles. The molecule has 0 saturated heterocycles. The Balaban J connectivity index is 0.882. The second-order valence-corrected chi connectivity index (χ2v) is 21.3. The Kier molecular flexibility index (Phi) is 11.5. The largest absolute Gasteiger partial charge is 0.456 e. The zero-order valence-electron chi connectivity index (χ0n) is 45.3. The van der Waals surface area contributed by atoms with Gasteiger partial charge in [0.25, 0.3) is 0 Å². The van der Waals surface area contributed by atoms with Crippen LogP contribution in [0.3, 0.4) is 0 Å². The number of carbonyl (C=O) groups excluding carboxylic acids is 4. The minimum Gasteiger partial charge on any atom is -0.456 e. The van der Waals surface area contributed by atoms with Crippen LogP contribution >= 0.6 is 0 Å². The number of ether oxygens (including phenoxy) is 4. The van der Waals surface area contributed by atoms with E-state index in [-0.39, 0.29) is 11.8 Å². The standard InChI is InChI=1S/C66H58N4O8/c1-11-64(6,42-20-24-44(25-21-42)69(40(4)71)56-36-54-58(32-38(56)2)75-60-34-46(67(7)8)28-30-52(60)65(54)50-18-14-12-16-48(50)62(73)77-65)43-22-26-45(27-23-43)70(41(5)72)57-37-55-59(33-39(57)3)76-61-35-47(68(9)10)29-31-53(61)66(55)51-19-15-13-17-49(51)63(74)78-66/h12-37H,11H2,1-10H3. The van der Waals surface area contributed by atoms with Gasteiger partial charge in [0.05, 0.1) is 22.5 Å². The molecule has 0 saturated carbocycles. The van der Waals surface area contributed by atoms with Gasteiger partial charge in [0.1, 0.15) is 23.0 Å². The summed E-state index contributed by atoms with van der Waals surface area (Å²) in [6.45, 7) is 11.3. The van der Waals surface area contributed by atoms with Crippen molar-refractivity contribution in [3.63, 3.8) is 0 Å². The first-order valence-electron chi connectivity index (χ1n) is 26.2. The van der Waals surface area contributed by atoms with Crippen LogP contribution in [-0.2, 0) is 35.7 Å². The summed E-state index contributed by atoms with van der Waals surface area (Å²) in [6.07, 6.45) is 0.742. The topological polar surface area (TPSA) is 118 Å². The van der Waals surface area contributed by atoms with Crippen LogP contribution in [0.2, 0.25) is 0 Å². The Hall–Kier alpha value is -9.16. The van der Waals surface area contributed by atoms with Crippen LogP contribution < -0.4 is 29.1 Å². The van der Waals surface area contributed by atoms with Crippen LogP contribution in [0, 0.1) is 13.8 Å². The second kappa shape index (κ2) is 18.0. The van der Waals surface area contributed by atoms with Crippen molar-refractivity contribution in [2.75, 3.05) is 47.8 Å². The van der Waals surface area contributed by atoms with Crippen LogP contribution in [0.5, 0.6) is 23.0 Å². The molecule has 12 rings (SSSR count). The lowest BCUT2D eigenvalue weighted by Crippen LogP contribution is -2.34. The van der Waals surface area contributed by atoms with Crippen molar-refractivity contribution in [1.82, 2.24) is 0 Å². The lowest BCUT2D eigenvalue weighted by molar-refractivity contribution is -0.116. The smallest absolute Gasteiger partial charge is 0.340 e. The van der Waals surface area contributed by atoms with Gasteiger partial charge in [0, 0.05) is 116 Å². The van der Waals surface area contributed by atoms with Crippen LogP contribution in [0.25, 0.3) is 0 Å². The maximum absolute atomic E-state index is 14.0. The summed E-state index contributed by atoms with van der Waals surface area (Å²) < 4.78 is 26.4. The first-order valence-corrected chi connectivity index (χ1v) is 26.2. The van der Waals surface area contributed by atoms with Crippen LogP contribution in [0.15, 0.2) is 158 Å². The Labute approximate surface area is 454 Å². The normalized spacial score (nSPS) is 17.7. The molecule has 2 spiro atoms. The predicted molar refractivity (Wildman–Crippen MR) is 303 cm³/mol. The Morgan fingerprint density at radius 2 is 0.821 bits per heavy atom. The van der Waals surface area contributed by atoms with E-state index >= 15 is 0 Å². The molecule has 4 aliphatic rings. The van der Waals surface area contributed by atoms with E-state index in [0.717, 1.165) is 40.0 Å². The molecule has 8 aromatic rings. The molecule has 12 nitrogen and oxygen atoms in total. The fourth-order valence-electron chi connectivity index (χ4n) is 12.1. The Bertz CT molecular complexity index is 3620. The summed E-state index contributed by atoms with van der Waals surface area (Å²) in [4.78, 5) is 62.8. The van der Waals surface area contributed by atoms with Gasteiger partial charge in [0.2, 0.25) is 11.8 Å². The molecular weight excluding hydrogens is 977 g/mol. The molecule has 12 heteroatoms. The van der Waals surface area contributed by atoms with Gasteiger partial charge in [-0.2, -0.15) is 0 Å². The third kappa shape index (κ3) is 7.26. The van der Waals surface area contributed by atoms with Crippen molar-refractivity contribution >= 4 is 57.9 Å². The molecule has 2 amide bonds. The summed E-state index contributed by atoms with van der Waals surface area (Å²) in [6, 6.07) is 50.5. The van der Waals surface area contributed by atoms with E-state index in [0.29, 0.717) is 90.3 Å². The molecule has 2 atom stereocenters. The van der Waals surface area contributed by atoms with Crippen LogP contribution in [0.4, 0.5) is 34.1 Å². The quantitative estimate of drug-likeness (QED) is 0.129. The molecule has 0 bridgehead atoms. The van der Waals surface area contributed by atoms with Crippen LogP contribution in [0.1, 0.15) is 110 Å². The summed E-state index contributed by atoms with van der Waals surface area (Å²) in [5, 5.41) is 0. The van der Waals surface area contributed by atoms with Crippen molar-refractivity contribution in [2.24, 2.45) is 0 Å². The lowest BCUT2D eigenvalue weighted by Gasteiger charge is -2.38. The molecule has 0 fully saturated rings. The van der Waals surface area contributed by atoms with Gasteiger partial charge >= 0.3 is 11.9 Å². The Morgan fingerprint density at radius 3 is 1.18 bits per heavy atom. The van der Waals surface area contributed by atoms with Crippen molar-refractivity contribution < 1.29 is 38.1 Å². The van der Waals surface area contributed by atoms with E-state index in [1.54, 1.807) is 35.8 Å². The number of benzene rings is 8. The molecular formula is C66H58N4O8. The number of hydrogen-bond acceptors (Lipinski definition) is 10. The minimum atomic E-state index is -1.32. The number of amides is 2. The molecule has 78 heavy (non-hydrogen) atoms. The molecule has 0 aromatic heterocycles. The van der Waals surface area contributed by atoms with E-state index in [1.807, 2.05) is 173 Å². The highest BCUT2D eigenvalue weighted by Gasteiger charge is 2.55. The number of aryl methyl sites for hydroxylation is 2. The maximum atomic E-state index is 14.0. The van der Waals surface area contributed by atoms with Crippen molar-refractivity contribution in [2.45, 2.75) is 64.6 Å². The monoisotopic (exact) mass is 1030 g/mol. The van der Waals surface area contributed by atoms with E-state index in [1.165, 1.54) is 0 Å². The van der Waals surface area contributed by atoms with Crippen molar-refractivity contribution in [3.05, 3.63) is 224 Å². The van der Waals surface area contributed by atoms with E-state index in [2.05, 4.69) is 38.1 Å². The molecule has 0 radical (unpaired) electrons. The molecule has 0 N–H and O–H groups in total. The highest BCUT2D eigenvalue weighted by Crippen LogP contribution is 2.60. The number of rotatable bonds is 9. The van der Waals surface area contributed by atoms with E-state index in [4.69, 9.17) is 18.9 Å². The number of anilines is 6. The summed E-state index contributed by atoms with van der Waals surface area (Å²) >= 11 is 0. The van der Waals surface area contributed by atoms with Gasteiger partial charge in [-0.1, -0.05) is 74.5 Å². The first-order chi connectivity index (χ1) is 37.4. The highest BCUT2D eigenvalue weighted by atomic mass is 16.6. The average Bonchev–Trinajstić information content (AvgIpc) is 3.26. The molecule has 4 heterocycles. The summed E-state index contributed by atoms with van der Waals surface area (Å²) in [5.74, 6) is 0.969. The molecule has 4 aliphatic heterocycles. The van der Waals surface area contributed by atoms with Gasteiger partial charge < -0.3 is 28.7 Å². The van der Waals surface area contributed by atoms with Crippen molar-refractivity contribution in [3.8, 4) is 23.0 Å². The van der Waals surface area contributed by atoms with Gasteiger partial charge in [0.15, 0.2) is 11.2 Å². The maximum Gasteiger partial charge on any atom is 0.340 e. The summed E-state index contributed by atoms with van der Waals surface area (Å²) in [5.41, 5.74) is 9.97. The molecule has 8 aromatic carbocycles. The number of nitrogens with zero attached hydrogens (tertiary/aromatic N) is 4. The first kappa shape index (κ1) is 49.7. The number of carbonyl (C=O) groups is 4. The van der Waals surface area contributed by atoms with Crippen molar-refractivity contribution in [1.29, 1.82) is 0 Å². The van der Waals surface area contributed by atoms with E-state index in [9.17, 15) is 19.2 Å². The zero-order chi connectivity index (χ0) is 54.7. The Morgan fingerprint density at radius 1 is 0.462 bits per heavy atom. The second-order valence-electron chi connectivity index (χ2n) is 21.3. The fourth-order valence-corrected chi connectivity index (χ4v) is 12.1. The number of hydrogen-bond donors (Lipinski definition) is 0. The fraction of sp³-hybridized carbons (Fsp3) is 0.212. The molecule has 390 valence electrons. The van der Waals surface area contributed by atoms with E-state index < -0.39 is 28.6 Å². The van der Waals surface area contributed by atoms with Gasteiger partial charge in [-0.15, -0.1) is 0 Å². The highest BCUT2D eigenvalue weighted by molar-refractivity contribution is 6.03. The van der Waals surface area contributed by atoms with Gasteiger partial charge in [-0.25, -0.2) is 9.59 Å². The molecule has 2 unspecified atom stereocenters. The number of fused-ring (bicyclic) bond motifs is 12. The van der Waals surface area contributed by atoms with Crippen LogP contribution in [-0.4, -0.2) is 51.9 Å². The number of esters is 2. The summed E-state index contributed by atoms with van der Waals surface area (Å²) in [7, 11) is 7.85. The van der Waals surface area contributed by atoms with Gasteiger partial charge in [-0.3, -0.25) is 19.4 Å². The van der Waals surface area contributed by atoms with Gasteiger partial charge in [-0.05, 0) is 127 Å². The third-order valence-corrected chi connectivity index (χ3v) is 16.4. The SMILES string of the molecule is CCC(C)(c1ccc(N(C(C)=O)c2cc3c(cc2C)Oc2cc(N(C)C)ccc2C32OC(=O)c3ccccc32)cc1)c1ccc(N(C(C)=O)c2cc3c(cc2C)Oc2cc(N(C)C)ccc2C32OC(=O)c3ccccc32)cc1. The zero-order valence-corrected chi connectivity index (χ0v) is 45.3. The average molecular weight is 1040 g/mol. The minimum absolute atomic E-state index is 0.199. The third-order valence-electron chi connectivity index (χ3n) is 16.4. The lowest BCUT2D eigenvalue weighted by atomic mass is 9.74. The predicted octanol–water partition coefficient (Wildman–Crippen LogP) is 13.7.